The molecule has 8 heteroatoms. The predicted octanol–water partition coefficient (Wildman–Crippen LogP) is 4.65. The molecule has 148 valence electrons. The van der Waals surface area contributed by atoms with Crippen molar-refractivity contribution < 1.29 is 13.6 Å². The van der Waals surface area contributed by atoms with Gasteiger partial charge in [0.1, 0.15) is 10.0 Å². The second-order valence-electron chi connectivity index (χ2n) is 6.74. The standard InChI is InChI=1S/C20H21F2N3OS2/c1-4-13(2)25(17(26)7-9-27-12-16-10-20(16,21)22)19-14(3)24-18(28-19)15-6-5-8-23-11-15/h1,5-6,8,11,13,16H,7,9-10,12H2,2-3H3. The molecule has 4 nitrogen and oxygen atoms in total. The van der Waals surface area contributed by atoms with Crippen molar-refractivity contribution in [1.29, 1.82) is 0 Å². The SMILES string of the molecule is C#CC(C)N(C(=O)CCSCC1CC1(F)F)c1sc(-c2cccnc2)nc1C. The summed E-state index contributed by atoms with van der Waals surface area (Å²) < 4.78 is 25.9. The van der Waals surface area contributed by atoms with Crippen LogP contribution >= 0.6 is 23.1 Å². The van der Waals surface area contributed by atoms with Crippen molar-refractivity contribution in [1.82, 2.24) is 9.97 Å². The van der Waals surface area contributed by atoms with Crippen LogP contribution in [0.1, 0.15) is 25.5 Å². The van der Waals surface area contributed by atoms with Crippen LogP contribution in [-0.4, -0.2) is 39.3 Å². The molecule has 2 aromatic rings. The lowest BCUT2D eigenvalue weighted by atomic mass is 10.2. The van der Waals surface area contributed by atoms with E-state index in [2.05, 4.69) is 15.9 Å². The summed E-state index contributed by atoms with van der Waals surface area (Å²) >= 11 is 2.79. The van der Waals surface area contributed by atoms with Crippen LogP contribution in [0.2, 0.25) is 0 Å². The van der Waals surface area contributed by atoms with E-state index in [-0.39, 0.29) is 18.7 Å². The highest BCUT2D eigenvalue weighted by Crippen LogP contribution is 2.50. The van der Waals surface area contributed by atoms with E-state index in [1.165, 1.54) is 23.1 Å². The molecule has 0 saturated heterocycles. The summed E-state index contributed by atoms with van der Waals surface area (Å²) in [6.07, 6.45) is 9.21. The fraction of sp³-hybridized carbons (Fsp3) is 0.450. The van der Waals surface area contributed by atoms with Gasteiger partial charge < -0.3 is 0 Å². The molecule has 0 N–H and O–H groups in total. The van der Waals surface area contributed by atoms with Crippen LogP contribution < -0.4 is 4.90 Å². The summed E-state index contributed by atoms with van der Waals surface area (Å²) in [4.78, 5) is 23.1. The van der Waals surface area contributed by atoms with E-state index in [0.717, 1.165) is 16.3 Å². The maximum absolute atomic E-state index is 12.9. The quantitative estimate of drug-likeness (QED) is 0.460. The number of anilines is 1. The second kappa shape index (κ2) is 8.58. The third-order valence-corrected chi connectivity index (χ3v) is 6.87. The molecule has 0 aliphatic heterocycles. The Morgan fingerprint density at radius 3 is 2.93 bits per heavy atom. The van der Waals surface area contributed by atoms with E-state index in [4.69, 9.17) is 6.42 Å². The van der Waals surface area contributed by atoms with E-state index in [0.29, 0.717) is 16.5 Å². The minimum Gasteiger partial charge on any atom is -0.288 e. The van der Waals surface area contributed by atoms with Crippen LogP contribution in [0.4, 0.5) is 13.8 Å². The van der Waals surface area contributed by atoms with E-state index in [1.807, 2.05) is 19.1 Å². The molecule has 1 aliphatic rings. The summed E-state index contributed by atoms with van der Waals surface area (Å²) in [5.41, 5.74) is 1.60. The Labute approximate surface area is 171 Å². The molecular weight excluding hydrogens is 400 g/mol. The first kappa shape index (κ1) is 20.7. The summed E-state index contributed by atoms with van der Waals surface area (Å²) in [5.74, 6) is 0.320. The lowest BCUT2D eigenvalue weighted by Gasteiger charge is -2.25. The summed E-state index contributed by atoms with van der Waals surface area (Å²) in [5, 5.41) is 1.49. The number of pyridine rings is 1. The predicted molar refractivity (Wildman–Crippen MR) is 111 cm³/mol. The Balaban J connectivity index is 1.69. The molecule has 3 rings (SSSR count). The third kappa shape index (κ3) is 4.70. The highest BCUT2D eigenvalue weighted by atomic mass is 32.2. The number of aromatic nitrogens is 2. The van der Waals surface area contributed by atoms with Crippen molar-refractivity contribution in [3.8, 4) is 22.9 Å². The zero-order valence-corrected chi connectivity index (χ0v) is 17.3. The largest absolute Gasteiger partial charge is 0.288 e. The molecule has 0 radical (unpaired) electrons. The molecule has 0 spiro atoms. The first-order valence-electron chi connectivity index (χ1n) is 8.95. The van der Waals surface area contributed by atoms with Crippen LogP contribution in [0.15, 0.2) is 24.5 Å². The number of thiazole rings is 1. The number of hydrogen-bond donors (Lipinski definition) is 0. The molecule has 1 fully saturated rings. The van der Waals surface area contributed by atoms with Crippen LogP contribution in [0.5, 0.6) is 0 Å². The van der Waals surface area contributed by atoms with E-state index < -0.39 is 17.9 Å². The van der Waals surface area contributed by atoms with Gasteiger partial charge in [-0.05, 0) is 26.0 Å². The van der Waals surface area contributed by atoms with Crippen LogP contribution in [0.3, 0.4) is 0 Å². The zero-order valence-electron chi connectivity index (χ0n) is 15.7. The lowest BCUT2D eigenvalue weighted by molar-refractivity contribution is -0.118. The van der Waals surface area contributed by atoms with Crippen molar-refractivity contribution in [3.05, 3.63) is 30.2 Å². The molecule has 2 unspecified atom stereocenters. The normalized spacial score (nSPS) is 18.3. The van der Waals surface area contributed by atoms with Gasteiger partial charge in [0.2, 0.25) is 5.91 Å². The molecular formula is C20H21F2N3OS2. The molecule has 28 heavy (non-hydrogen) atoms. The van der Waals surface area contributed by atoms with Crippen LogP contribution in [0, 0.1) is 25.2 Å². The molecule has 0 bridgehead atoms. The molecule has 2 atom stereocenters. The van der Waals surface area contributed by atoms with Gasteiger partial charge in [0.25, 0.3) is 5.92 Å². The van der Waals surface area contributed by atoms with Crippen molar-refractivity contribution >= 4 is 34.0 Å². The maximum Gasteiger partial charge on any atom is 0.252 e. The van der Waals surface area contributed by atoms with Gasteiger partial charge in [-0.3, -0.25) is 14.7 Å². The summed E-state index contributed by atoms with van der Waals surface area (Å²) in [6.45, 7) is 3.64. The topological polar surface area (TPSA) is 46.1 Å². The van der Waals surface area contributed by atoms with Gasteiger partial charge in [-0.1, -0.05) is 17.3 Å². The fourth-order valence-corrected chi connectivity index (χ4v) is 5.05. The van der Waals surface area contributed by atoms with Gasteiger partial charge in [-0.15, -0.1) is 6.42 Å². The molecule has 2 heterocycles. The number of carbonyl (C=O) groups excluding carboxylic acids is 1. The second-order valence-corrected chi connectivity index (χ2v) is 8.87. The molecule has 0 aromatic carbocycles. The minimum absolute atomic E-state index is 0.0363. The van der Waals surface area contributed by atoms with Crippen molar-refractivity contribution in [2.24, 2.45) is 5.92 Å². The highest BCUT2D eigenvalue weighted by molar-refractivity contribution is 7.99. The van der Waals surface area contributed by atoms with Gasteiger partial charge in [0, 0.05) is 48.2 Å². The molecule has 1 amide bonds. The van der Waals surface area contributed by atoms with Crippen LogP contribution in [0.25, 0.3) is 10.6 Å². The van der Waals surface area contributed by atoms with Crippen LogP contribution in [-0.2, 0) is 4.79 Å². The van der Waals surface area contributed by atoms with E-state index in [1.54, 1.807) is 24.2 Å². The molecule has 1 aliphatic carbocycles. The Morgan fingerprint density at radius 1 is 1.57 bits per heavy atom. The van der Waals surface area contributed by atoms with Crippen molar-refractivity contribution in [2.75, 3.05) is 16.4 Å². The monoisotopic (exact) mass is 421 g/mol. The number of nitrogens with zero attached hydrogens (tertiary/aromatic N) is 3. The molecule has 2 aromatic heterocycles. The average Bonchev–Trinajstić information content (AvgIpc) is 3.11. The zero-order chi connectivity index (χ0) is 20.3. The Bertz CT molecular complexity index is 879. The number of halogens is 2. The van der Waals surface area contributed by atoms with E-state index in [9.17, 15) is 13.6 Å². The Kier molecular flexibility index (Phi) is 6.36. The Morgan fingerprint density at radius 2 is 2.32 bits per heavy atom. The number of aryl methyl sites for hydroxylation is 1. The maximum atomic E-state index is 12.9. The summed E-state index contributed by atoms with van der Waals surface area (Å²) in [7, 11) is 0. The van der Waals surface area contributed by atoms with Gasteiger partial charge in [0.05, 0.1) is 11.7 Å². The summed E-state index contributed by atoms with van der Waals surface area (Å²) in [6, 6.07) is 3.32. The van der Waals surface area contributed by atoms with Gasteiger partial charge in [-0.2, -0.15) is 11.8 Å². The smallest absolute Gasteiger partial charge is 0.252 e. The molecule has 1 saturated carbocycles. The number of rotatable bonds is 8. The number of thioether (sulfide) groups is 1. The van der Waals surface area contributed by atoms with Gasteiger partial charge in [-0.25, -0.2) is 13.8 Å². The first-order chi connectivity index (χ1) is 13.3. The number of terminal acetylenes is 1. The number of alkyl halides is 2. The van der Waals surface area contributed by atoms with Crippen molar-refractivity contribution in [3.63, 3.8) is 0 Å². The highest BCUT2D eigenvalue weighted by Gasteiger charge is 2.56. The third-order valence-electron chi connectivity index (χ3n) is 4.53. The minimum atomic E-state index is -2.51. The number of carbonyl (C=O) groups is 1. The fourth-order valence-electron chi connectivity index (χ4n) is 2.76. The number of hydrogen-bond acceptors (Lipinski definition) is 5. The number of amides is 1. The van der Waals surface area contributed by atoms with E-state index >= 15 is 0 Å². The first-order valence-corrected chi connectivity index (χ1v) is 10.9. The average molecular weight is 422 g/mol. The van der Waals surface area contributed by atoms with Gasteiger partial charge >= 0.3 is 0 Å². The van der Waals surface area contributed by atoms with Gasteiger partial charge in [0.15, 0.2) is 0 Å². The Hall–Kier alpha value is -1.98. The lowest BCUT2D eigenvalue weighted by Crippen LogP contribution is -2.38. The van der Waals surface area contributed by atoms with Crippen molar-refractivity contribution in [2.45, 2.75) is 38.7 Å².